The van der Waals surface area contributed by atoms with E-state index in [4.69, 9.17) is 14.4 Å². The monoisotopic (exact) mass is 764 g/mol. The van der Waals surface area contributed by atoms with Crippen LogP contribution < -0.4 is 0 Å². The normalized spacial score (nSPS) is 12.8. The van der Waals surface area contributed by atoms with Crippen LogP contribution in [0.5, 0.6) is 0 Å². The van der Waals surface area contributed by atoms with Crippen LogP contribution in [0.3, 0.4) is 0 Å². The molecule has 3 nitrogen and oxygen atoms in total. The van der Waals surface area contributed by atoms with Crippen LogP contribution in [0.1, 0.15) is 22.3 Å². The van der Waals surface area contributed by atoms with Gasteiger partial charge in [0.25, 0.3) is 0 Å². The molecule has 0 radical (unpaired) electrons. The zero-order valence-electron chi connectivity index (χ0n) is 32.6. The molecule has 0 bridgehead atoms. The van der Waals surface area contributed by atoms with E-state index in [2.05, 4.69) is 206 Å². The molecule has 0 amide bonds. The first kappa shape index (κ1) is 34.2. The van der Waals surface area contributed by atoms with E-state index in [9.17, 15) is 0 Å². The largest absolute Gasteiger partial charge is 0.455 e. The van der Waals surface area contributed by atoms with Gasteiger partial charge in [-0.05, 0) is 74.2 Å². The van der Waals surface area contributed by atoms with Gasteiger partial charge in [0.2, 0.25) is 0 Å². The van der Waals surface area contributed by atoms with Crippen molar-refractivity contribution < 1.29 is 4.42 Å². The molecule has 0 saturated carbocycles. The van der Waals surface area contributed by atoms with E-state index in [0.29, 0.717) is 5.82 Å². The van der Waals surface area contributed by atoms with Crippen molar-refractivity contribution in [2.75, 3.05) is 0 Å². The zero-order chi connectivity index (χ0) is 39.6. The minimum absolute atomic E-state index is 0.515. The Morgan fingerprint density at radius 1 is 0.383 bits per heavy atom. The average molecular weight is 765 g/mol. The molecule has 11 aromatic rings. The van der Waals surface area contributed by atoms with E-state index in [1.807, 2.05) is 12.1 Å². The van der Waals surface area contributed by atoms with Crippen molar-refractivity contribution in [1.82, 2.24) is 9.97 Å². The first-order valence-electron chi connectivity index (χ1n) is 20.5. The molecule has 60 heavy (non-hydrogen) atoms. The van der Waals surface area contributed by atoms with Crippen LogP contribution in [0.4, 0.5) is 0 Å². The fourth-order valence-electron chi connectivity index (χ4n) is 9.79. The van der Waals surface area contributed by atoms with Crippen molar-refractivity contribution >= 4 is 32.7 Å². The second-order valence-electron chi connectivity index (χ2n) is 15.6. The number of fused-ring (bicyclic) bond motifs is 8. The maximum Gasteiger partial charge on any atom is 0.160 e. The second kappa shape index (κ2) is 13.6. The van der Waals surface area contributed by atoms with E-state index in [1.54, 1.807) is 0 Å². The summed E-state index contributed by atoms with van der Waals surface area (Å²) in [4.78, 5) is 10.7. The van der Waals surface area contributed by atoms with Crippen molar-refractivity contribution in [2.45, 2.75) is 5.41 Å². The first-order valence-corrected chi connectivity index (χ1v) is 20.5. The summed E-state index contributed by atoms with van der Waals surface area (Å²) >= 11 is 0. The number of para-hydroxylation sites is 1. The second-order valence-corrected chi connectivity index (χ2v) is 15.6. The molecule has 0 unspecified atom stereocenters. The summed E-state index contributed by atoms with van der Waals surface area (Å²) in [6.45, 7) is 0. The molecule has 0 N–H and O–H groups in total. The Morgan fingerprint density at radius 3 is 1.77 bits per heavy atom. The van der Waals surface area contributed by atoms with Gasteiger partial charge in [0.05, 0.1) is 16.8 Å². The molecule has 0 spiro atoms. The van der Waals surface area contributed by atoms with Crippen LogP contribution in [0.2, 0.25) is 0 Å². The van der Waals surface area contributed by atoms with Gasteiger partial charge in [-0.15, -0.1) is 0 Å². The third kappa shape index (κ3) is 5.16. The van der Waals surface area contributed by atoms with Crippen LogP contribution in [0.15, 0.2) is 223 Å². The van der Waals surface area contributed by atoms with Gasteiger partial charge in [-0.25, -0.2) is 9.97 Å². The Hall–Kier alpha value is -7.88. The quantitative estimate of drug-likeness (QED) is 0.169. The van der Waals surface area contributed by atoms with Crippen molar-refractivity contribution in [1.29, 1.82) is 0 Å². The molecule has 0 saturated heterocycles. The zero-order valence-corrected chi connectivity index (χ0v) is 32.6. The van der Waals surface area contributed by atoms with Crippen LogP contribution in [-0.2, 0) is 5.41 Å². The minimum Gasteiger partial charge on any atom is -0.455 e. The SMILES string of the molecule is c1ccc(-c2nc(-c3cccc(-c4cc5ccccc5c5oc6ccccc6c45)c3)cc(-c3cccc4c3-c3ccccc3C4(c3ccccc3)c3ccccc3)n2)cc1. The van der Waals surface area contributed by atoms with Gasteiger partial charge in [-0.3, -0.25) is 0 Å². The lowest BCUT2D eigenvalue weighted by molar-refractivity contribution is 0.673. The Labute approximate surface area is 347 Å². The third-order valence-electron chi connectivity index (χ3n) is 12.4. The van der Waals surface area contributed by atoms with Gasteiger partial charge in [-0.1, -0.05) is 194 Å². The van der Waals surface area contributed by atoms with E-state index in [1.165, 1.54) is 33.4 Å². The van der Waals surface area contributed by atoms with E-state index in [0.717, 1.165) is 71.9 Å². The summed E-state index contributed by atoms with van der Waals surface area (Å²) in [6.07, 6.45) is 0. The van der Waals surface area contributed by atoms with Gasteiger partial charge in [0.1, 0.15) is 11.2 Å². The molecule has 9 aromatic carbocycles. The number of benzene rings is 9. The molecule has 0 atom stereocenters. The standard InChI is InChI=1S/C57H36N2O/c1-4-18-37(19-5-1)56-58-50(40-22-16-21-38(34-40)47-35-39-20-10-11-27-43(39)55-54(47)46-29-13-15-33-52(46)60-55)36-51(59-56)45-30-17-32-49-53(45)44-28-12-14-31-48(44)57(49,41-23-6-2-7-24-41)42-25-8-3-9-26-42/h1-36H. The fourth-order valence-corrected chi connectivity index (χ4v) is 9.79. The third-order valence-corrected chi connectivity index (χ3v) is 12.4. The smallest absolute Gasteiger partial charge is 0.160 e. The topological polar surface area (TPSA) is 38.9 Å². The number of hydrogen-bond donors (Lipinski definition) is 0. The summed E-state index contributed by atoms with van der Waals surface area (Å²) in [5, 5.41) is 4.47. The van der Waals surface area contributed by atoms with E-state index in [-0.39, 0.29) is 0 Å². The van der Waals surface area contributed by atoms with Crippen molar-refractivity contribution in [3.8, 4) is 56.2 Å². The van der Waals surface area contributed by atoms with Gasteiger partial charge in [-0.2, -0.15) is 0 Å². The highest BCUT2D eigenvalue weighted by Crippen LogP contribution is 2.58. The molecule has 1 aliphatic rings. The van der Waals surface area contributed by atoms with Gasteiger partial charge < -0.3 is 4.42 Å². The lowest BCUT2D eigenvalue weighted by Crippen LogP contribution is -2.28. The molecule has 2 heterocycles. The highest BCUT2D eigenvalue weighted by atomic mass is 16.3. The summed E-state index contributed by atoms with van der Waals surface area (Å²) in [5.41, 5.74) is 15.7. The Morgan fingerprint density at radius 2 is 0.967 bits per heavy atom. The average Bonchev–Trinajstić information content (AvgIpc) is 3.87. The molecule has 3 heteroatoms. The van der Waals surface area contributed by atoms with Gasteiger partial charge in [0.15, 0.2) is 5.82 Å². The van der Waals surface area contributed by atoms with Crippen molar-refractivity contribution in [3.63, 3.8) is 0 Å². The number of nitrogens with zero attached hydrogens (tertiary/aromatic N) is 2. The van der Waals surface area contributed by atoms with Crippen molar-refractivity contribution in [3.05, 3.63) is 241 Å². The van der Waals surface area contributed by atoms with Gasteiger partial charge in [0, 0.05) is 32.8 Å². The molecule has 12 rings (SSSR count). The highest BCUT2D eigenvalue weighted by molar-refractivity contribution is 6.21. The van der Waals surface area contributed by atoms with Crippen LogP contribution in [0, 0.1) is 0 Å². The minimum atomic E-state index is -0.515. The molecule has 0 fully saturated rings. The van der Waals surface area contributed by atoms with Crippen LogP contribution in [0.25, 0.3) is 88.9 Å². The molecular weight excluding hydrogens is 729 g/mol. The van der Waals surface area contributed by atoms with Gasteiger partial charge >= 0.3 is 0 Å². The highest BCUT2D eigenvalue weighted by Gasteiger charge is 2.46. The maximum atomic E-state index is 6.58. The van der Waals surface area contributed by atoms with Crippen LogP contribution >= 0.6 is 0 Å². The van der Waals surface area contributed by atoms with E-state index < -0.39 is 5.41 Å². The Balaban J connectivity index is 1.10. The number of rotatable bonds is 6. The summed E-state index contributed by atoms with van der Waals surface area (Å²) < 4.78 is 6.58. The molecule has 280 valence electrons. The maximum absolute atomic E-state index is 6.58. The molecule has 0 aliphatic heterocycles. The summed E-state index contributed by atoms with van der Waals surface area (Å²) in [7, 11) is 0. The Bertz CT molecular complexity index is 3380. The molecule has 1 aliphatic carbocycles. The van der Waals surface area contributed by atoms with Crippen LogP contribution in [-0.4, -0.2) is 9.97 Å². The predicted octanol–water partition coefficient (Wildman–Crippen LogP) is 14.6. The molecule has 2 aromatic heterocycles. The van der Waals surface area contributed by atoms with E-state index >= 15 is 0 Å². The summed E-state index contributed by atoms with van der Waals surface area (Å²) in [5.74, 6) is 0.684. The lowest BCUT2D eigenvalue weighted by atomic mass is 9.67. The number of aromatic nitrogens is 2. The first-order chi connectivity index (χ1) is 29.8. The lowest BCUT2D eigenvalue weighted by Gasteiger charge is -2.33. The number of hydrogen-bond acceptors (Lipinski definition) is 3. The Kier molecular flexibility index (Phi) is 7.76. The summed E-state index contributed by atoms with van der Waals surface area (Å²) in [6, 6.07) is 77.9. The number of furan rings is 1. The molecular formula is C57H36N2O. The fraction of sp³-hybridized carbons (Fsp3) is 0.0175. The predicted molar refractivity (Wildman–Crippen MR) is 246 cm³/mol. The van der Waals surface area contributed by atoms with Crippen molar-refractivity contribution in [2.24, 2.45) is 0 Å².